The van der Waals surface area contributed by atoms with Crippen LogP contribution in [0.2, 0.25) is 0 Å². The minimum Gasteiger partial charge on any atom is -0.508 e. The number of hydrogen-bond donors (Lipinski definition) is 3. The van der Waals surface area contributed by atoms with Crippen LogP contribution in [-0.2, 0) is 0 Å². The first-order valence-electron chi connectivity index (χ1n) is 4.90. The summed E-state index contributed by atoms with van der Waals surface area (Å²) in [6.07, 6.45) is 0. The van der Waals surface area contributed by atoms with Crippen molar-refractivity contribution in [1.82, 2.24) is 0 Å². The molecule has 16 heavy (non-hydrogen) atoms. The van der Waals surface area contributed by atoms with Gasteiger partial charge in [-0.2, -0.15) is 0 Å². The highest BCUT2D eigenvalue weighted by atomic mass is 16.3. The third-order valence-corrected chi connectivity index (χ3v) is 2.53. The predicted molar refractivity (Wildman–Crippen MR) is 61.6 cm³/mol. The molecule has 0 radical (unpaired) electrons. The molecule has 0 aliphatic heterocycles. The van der Waals surface area contributed by atoms with Crippen LogP contribution in [-0.4, -0.2) is 15.3 Å². The van der Waals surface area contributed by atoms with E-state index in [1.54, 1.807) is 37.3 Å². The first-order chi connectivity index (χ1) is 7.59. The summed E-state index contributed by atoms with van der Waals surface area (Å²) in [4.78, 5) is 0. The lowest BCUT2D eigenvalue weighted by Crippen LogP contribution is -1.81. The van der Waals surface area contributed by atoms with Crippen LogP contribution >= 0.6 is 0 Å². The highest BCUT2D eigenvalue weighted by Gasteiger charge is 2.09. The molecule has 0 amide bonds. The van der Waals surface area contributed by atoms with Gasteiger partial charge in [-0.1, -0.05) is 24.3 Å². The zero-order valence-electron chi connectivity index (χ0n) is 8.81. The van der Waals surface area contributed by atoms with Crippen LogP contribution in [0.5, 0.6) is 17.2 Å². The molecule has 0 saturated heterocycles. The van der Waals surface area contributed by atoms with Crippen LogP contribution in [0.15, 0.2) is 36.4 Å². The molecule has 0 atom stereocenters. The molecule has 0 aliphatic carbocycles. The molecule has 2 aromatic carbocycles. The van der Waals surface area contributed by atoms with Crippen LogP contribution in [0.4, 0.5) is 0 Å². The lowest BCUT2D eigenvalue weighted by atomic mass is 10.0. The quantitative estimate of drug-likeness (QED) is 0.642. The van der Waals surface area contributed by atoms with E-state index in [-0.39, 0.29) is 17.2 Å². The number of aromatic hydroxyl groups is 3. The number of benzene rings is 2. The summed E-state index contributed by atoms with van der Waals surface area (Å²) in [6, 6.07) is 9.83. The molecule has 2 aromatic rings. The third-order valence-electron chi connectivity index (χ3n) is 2.53. The van der Waals surface area contributed by atoms with Gasteiger partial charge in [0, 0.05) is 5.56 Å². The minimum absolute atomic E-state index is 0.167. The second-order valence-electron chi connectivity index (χ2n) is 3.67. The summed E-state index contributed by atoms with van der Waals surface area (Å²) in [5.41, 5.74) is 1.93. The Bertz CT molecular complexity index is 533. The summed E-state index contributed by atoms with van der Waals surface area (Å²) >= 11 is 0. The topological polar surface area (TPSA) is 60.7 Å². The normalized spacial score (nSPS) is 10.3. The summed E-state index contributed by atoms with van der Waals surface area (Å²) in [6.45, 7) is 1.79. The summed E-state index contributed by atoms with van der Waals surface area (Å²) in [7, 11) is 0. The van der Waals surface area contributed by atoms with Gasteiger partial charge in [-0.3, -0.25) is 0 Å². The molecule has 0 aromatic heterocycles. The van der Waals surface area contributed by atoms with Gasteiger partial charge in [0.1, 0.15) is 5.75 Å². The van der Waals surface area contributed by atoms with E-state index in [1.165, 1.54) is 6.07 Å². The van der Waals surface area contributed by atoms with E-state index in [4.69, 9.17) is 0 Å². The van der Waals surface area contributed by atoms with Crippen LogP contribution in [0.1, 0.15) is 5.56 Å². The SMILES string of the molecule is Cc1ccc(-c2cccc(O)c2O)cc1O. The van der Waals surface area contributed by atoms with E-state index in [0.717, 1.165) is 5.56 Å². The molecule has 2 rings (SSSR count). The Labute approximate surface area is 93.2 Å². The average molecular weight is 216 g/mol. The van der Waals surface area contributed by atoms with E-state index < -0.39 is 0 Å². The number of phenols is 3. The molecule has 0 bridgehead atoms. The van der Waals surface area contributed by atoms with Gasteiger partial charge in [0.2, 0.25) is 0 Å². The van der Waals surface area contributed by atoms with Crippen molar-refractivity contribution in [3.05, 3.63) is 42.0 Å². The molecule has 0 unspecified atom stereocenters. The summed E-state index contributed by atoms with van der Waals surface area (Å²) in [5, 5.41) is 28.6. The molecular weight excluding hydrogens is 204 g/mol. The van der Waals surface area contributed by atoms with Crippen LogP contribution in [0.3, 0.4) is 0 Å². The number of para-hydroxylation sites is 1. The van der Waals surface area contributed by atoms with Crippen molar-refractivity contribution in [3.8, 4) is 28.4 Å². The maximum atomic E-state index is 9.68. The highest BCUT2D eigenvalue weighted by Crippen LogP contribution is 2.37. The van der Waals surface area contributed by atoms with Crippen LogP contribution in [0.25, 0.3) is 11.1 Å². The van der Waals surface area contributed by atoms with Gasteiger partial charge >= 0.3 is 0 Å². The molecule has 0 spiro atoms. The minimum atomic E-state index is -0.175. The van der Waals surface area contributed by atoms with Crippen LogP contribution < -0.4 is 0 Å². The van der Waals surface area contributed by atoms with Crippen molar-refractivity contribution in [2.24, 2.45) is 0 Å². The summed E-state index contributed by atoms with van der Waals surface area (Å²) in [5.74, 6) is -0.177. The van der Waals surface area contributed by atoms with Gasteiger partial charge in [-0.15, -0.1) is 0 Å². The Morgan fingerprint density at radius 3 is 2.31 bits per heavy atom. The van der Waals surface area contributed by atoms with E-state index in [2.05, 4.69) is 0 Å². The highest BCUT2D eigenvalue weighted by molar-refractivity contribution is 5.74. The Hall–Kier alpha value is -2.16. The lowest BCUT2D eigenvalue weighted by molar-refractivity contribution is 0.405. The number of hydrogen-bond acceptors (Lipinski definition) is 3. The fraction of sp³-hybridized carbons (Fsp3) is 0.0769. The standard InChI is InChI=1S/C13H12O3/c1-8-5-6-9(7-12(8)15)10-3-2-4-11(14)13(10)16/h2-7,14-16H,1H3. The maximum Gasteiger partial charge on any atom is 0.165 e. The van der Waals surface area contributed by atoms with E-state index in [0.29, 0.717) is 11.1 Å². The van der Waals surface area contributed by atoms with E-state index >= 15 is 0 Å². The van der Waals surface area contributed by atoms with Gasteiger partial charge in [0.05, 0.1) is 0 Å². The molecule has 0 saturated carbocycles. The Morgan fingerprint density at radius 1 is 0.875 bits per heavy atom. The second-order valence-corrected chi connectivity index (χ2v) is 3.67. The van der Waals surface area contributed by atoms with Crippen molar-refractivity contribution in [1.29, 1.82) is 0 Å². The van der Waals surface area contributed by atoms with Gasteiger partial charge in [0.25, 0.3) is 0 Å². The molecular formula is C13H12O3. The molecule has 3 heteroatoms. The molecule has 0 fully saturated rings. The smallest absolute Gasteiger partial charge is 0.165 e. The zero-order valence-corrected chi connectivity index (χ0v) is 8.81. The fourth-order valence-corrected chi connectivity index (χ4v) is 1.54. The molecule has 3 nitrogen and oxygen atoms in total. The number of aryl methyl sites for hydroxylation is 1. The second kappa shape index (κ2) is 3.77. The molecule has 0 aliphatic rings. The predicted octanol–water partition coefficient (Wildman–Crippen LogP) is 2.78. The van der Waals surface area contributed by atoms with Crippen molar-refractivity contribution >= 4 is 0 Å². The van der Waals surface area contributed by atoms with E-state index in [9.17, 15) is 15.3 Å². The number of phenolic OH excluding ortho intramolecular Hbond substituents is 3. The Kier molecular flexibility index (Phi) is 2.44. The zero-order chi connectivity index (χ0) is 11.7. The van der Waals surface area contributed by atoms with Crippen molar-refractivity contribution in [2.75, 3.05) is 0 Å². The molecule has 0 heterocycles. The van der Waals surface area contributed by atoms with Crippen LogP contribution in [0, 0.1) is 6.92 Å². The van der Waals surface area contributed by atoms with Crippen molar-refractivity contribution in [2.45, 2.75) is 6.92 Å². The fourth-order valence-electron chi connectivity index (χ4n) is 1.54. The lowest BCUT2D eigenvalue weighted by Gasteiger charge is -2.07. The van der Waals surface area contributed by atoms with Crippen molar-refractivity contribution < 1.29 is 15.3 Å². The Morgan fingerprint density at radius 2 is 1.62 bits per heavy atom. The monoisotopic (exact) mass is 216 g/mol. The van der Waals surface area contributed by atoms with Crippen molar-refractivity contribution in [3.63, 3.8) is 0 Å². The molecule has 82 valence electrons. The summed E-state index contributed by atoms with van der Waals surface area (Å²) < 4.78 is 0. The first-order valence-corrected chi connectivity index (χ1v) is 4.90. The van der Waals surface area contributed by atoms with Gasteiger partial charge in [-0.25, -0.2) is 0 Å². The van der Waals surface area contributed by atoms with Gasteiger partial charge in [0.15, 0.2) is 11.5 Å². The third kappa shape index (κ3) is 1.67. The van der Waals surface area contributed by atoms with E-state index in [1.807, 2.05) is 0 Å². The first kappa shape index (κ1) is 10.4. The van der Waals surface area contributed by atoms with Gasteiger partial charge < -0.3 is 15.3 Å². The average Bonchev–Trinajstić information content (AvgIpc) is 2.26. The Balaban J connectivity index is 2.59. The number of rotatable bonds is 1. The maximum absolute atomic E-state index is 9.68. The van der Waals surface area contributed by atoms with Gasteiger partial charge in [-0.05, 0) is 30.2 Å². The largest absolute Gasteiger partial charge is 0.508 e. The molecule has 3 N–H and O–H groups in total.